The molecule has 0 aliphatic carbocycles. The number of rotatable bonds is 6. The van der Waals surface area contributed by atoms with Gasteiger partial charge in [0.2, 0.25) is 0 Å². The highest BCUT2D eigenvalue weighted by atomic mass is 32.1. The molecule has 2 bridgehead atoms. The maximum atomic E-state index is 14.0. The Hall–Kier alpha value is -2.21. The number of aromatic nitrogens is 2. The predicted octanol–water partition coefficient (Wildman–Crippen LogP) is 3.89. The van der Waals surface area contributed by atoms with E-state index in [0.29, 0.717) is 42.4 Å². The maximum Gasteiger partial charge on any atom is 0.418 e. The van der Waals surface area contributed by atoms with Gasteiger partial charge in [0.1, 0.15) is 5.52 Å². The van der Waals surface area contributed by atoms with Crippen LogP contribution in [-0.4, -0.2) is 58.6 Å². The zero-order chi connectivity index (χ0) is 22.7. The molecule has 6 rings (SSSR count). The molecule has 3 fully saturated rings. The van der Waals surface area contributed by atoms with Gasteiger partial charge in [-0.15, -0.1) is 11.3 Å². The Morgan fingerprint density at radius 3 is 2.62 bits per heavy atom. The molecule has 3 saturated heterocycles. The standard InChI is InChI=1S/C21H23F3N4O3S/c1-20(2,29)9-30-18(21(22,23)24)14-4-3-13(15-8-32-10-25-15)17-16(14)27-19(31-17)28-6-11-5-12(7-28)26-11/h3-4,8,10-12,18,26,29H,5-7,9H2,1-2H3. The van der Waals surface area contributed by atoms with Crippen LogP contribution < -0.4 is 10.2 Å². The molecule has 3 aliphatic heterocycles. The lowest BCUT2D eigenvalue weighted by Crippen LogP contribution is -2.67. The van der Waals surface area contributed by atoms with Crippen molar-refractivity contribution in [1.29, 1.82) is 0 Å². The molecule has 2 N–H and O–H groups in total. The summed E-state index contributed by atoms with van der Waals surface area (Å²) in [4.78, 5) is 10.8. The number of piperidine rings is 1. The number of nitrogens with one attached hydrogen (secondary N) is 1. The van der Waals surface area contributed by atoms with E-state index in [9.17, 15) is 18.3 Å². The lowest BCUT2D eigenvalue weighted by Gasteiger charge is -2.47. The van der Waals surface area contributed by atoms with Crippen molar-refractivity contribution in [3.05, 3.63) is 28.6 Å². The number of fused-ring (bicyclic) bond motifs is 3. The van der Waals surface area contributed by atoms with Gasteiger partial charge in [0.05, 0.1) is 23.4 Å². The van der Waals surface area contributed by atoms with Gasteiger partial charge >= 0.3 is 6.18 Å². The van der Waals surface area contributed by atoms with Crippen molar-refractivity contribution in [1.82, 2.24) is 15.3 Å². The van der Waals surface area contributed by atoms with Gasteiger partial charge in [-0.2, -0.15) is 18.2 Å². The van der Waals surface area contributed by atoms with E-state index in [-0.39, 0.29) is 16.7 Å². The fourth-order valence-electron chi connectivity index (χ4n) is 4.23. The van der Waals surface area contributed by atoms with Gasteiger partial charge in [0.25, 0.3) is 6.01 Å². The van der Waals surface area contributed by atoms with E-state index >= 15 is 0 Å². The molecule has 0 amide bonds. The molecule has 2 aromatic heterocycles. The van der Waals surface area contributed by atoms with Crippen LogP contribution in [0.3, 0.4) is 0 Å². The van der Waals surface area contributed by atoms with Gasteiger partial charge in [0.15, 0.2) is 11.7 Å². The Bertz CT molecular complexity index is 1090. The third-order valence-electron chi connectivity index (χ3n) is 5.65. The molecule has 0 saturated carbocycles. The molecular formula is C21H23F3N4O3S. The van der Waals surface area contributed by atoms with Crippen LogP contribution in [0, 0.1) is 0 Å². The minimum Gasteiger partial charge on any atom is -0.423 e. The van der Waals surface area contributed by atoms with Crippen molar-refractivity contribution in [3.8, 4) is 11.3 Å². The summed E-state index contributed by atoms with van der Waals surface area (Å²) < 4.78 is 53.3. The molecule has 32 heavy (non-hydrogen) atoms. The van der Waals surface area contributed by atoms with Gasteiger partial charge in [-0.1, -0.05) is 6.07 Å². The molecule has 0 spiro atoms. The first kappa shape index (κ1) is 21.6. The van der Waals surface area contributed by atoms with Crippen molar-refractivity contribution in [2.24, 2.45) is 0 Å². The van der Waals surface area contributed by atoms with Crippen LogP contribution >= 0.6 is 11.3 Å². The van der Waals surface area contributed by atoms with Crippen molar-refractivity contribution >= 4 is 28.5 Å². The van der Waals surface area contributed by atoms with E-state index in [1.165, 1.54) is 31.3 Å². The minimum atomic E-state index is -4.70. The molecule has 5 heterocycles. The number of nitrogens with zero attached hydrogens (tertiary/aromatic N) is 3. The lowest BCUT2D eigenvalue weighted by molar-refractivity contribution is -0.233. The van der Waals surface area contributed by atoms with Crippen molar-refractivity contribution in [2.75, 3.05) is 24.6 Å². The van der Waals surface area contributed by atoms with E-state index in [0.717, 1.165) is 6.42 Å². The van der Waals surface area contributed by atoms with E-state index in [1.54, 1.807) is 11.6 Å². The van der Waals surface area contributed by atoms with Gasteiger partial charge in [-0.05, 0) is 26.3 Å². The maximum absolute atomic E-state index is 14.0. The molecular weight excluding hydrogens is 445 g/mol. The van der Waals surface area contributed by atoms with Crippen LogP contribution in [-0.2, 0) is 4.74 Å². The summed E-state index contributed by atoms with van der Waals surface area (Å²) in [6.07, 6.45) is -5.88. The fourth-order valence-corrected chi connectivity index (χ4v) is 4.78. The Kier molecular flexibility index (Phi) is 5.19. The summed E-state index contributed by atoms with van der Waals surface area (Å²) in [6, 6.07) is 3.88. The Morgan fingerprint density at radius 1 is 1.31 bits per heavy atom. The summed E-state index contributed by atoms with van der Waals surface area (Å²) in [5.41, 5.74) is 1.62. The topological polar surface area (TPSA) is 83.7 Å². The molecule has 1 aromatic carbocycles. The predicted molar refractivity (Wildman–Crippen MR) is 114 cm³/mol. The normalized spacial score (nSPS) is 22.2. The smallest absolute Gasteiger partial charge is 0.418 e. The first-order chi connectivity index (χ1) is 15.1. The molecule has 3 unspecified atom stereocenters. The molecule has 172 valence electrons. The summed E-state index contributed by atoms with van der Waals surface area (Å²) in [7, 11) is 0. The Labute approximate surface area is 186 Å². The third-order valence-corrected chi connectivity index (χ3v) is 6.23. The number of hydrogen-bond acceptors (Lipinski definition) is 8. The fraction of sp³-hybridized carbons (Fsp3) is 0.524. The molecule has 3 aliphatic rings. The monoisotopic (exact) mass is 468 g/mol. The number of piperazine rings is 1. The molecule has 11 heteroatoms. The third kappa shape index (κ3) is 4.09. The van der Waals surface area contributed by atoms with Crippen LogP contribution in [0.2, 0.25) is 0 Å². The van der Waals surface area contributed by atoms with E-state index < -0.39 is 24.5 Å². The first-order valence-corrected chi connectivity index (χ1v) is 11.3. The minimum absolute atomic E-state index is 0.0933. The van der Waals surface area contributed by atoms with Crippen LogP contribution in [0.15, 0.2) is 27.4 Å². The summed E-state index contributed by atoms with van der Waals surface area (Å²) >= 11 is 1.39. The van der Waals surface area contributed by atoms with Gasteiger partial charge < -0.3 is 24.5 Å². The number of ether oxygens (including phenoxy) is 1. The molecule has 3 atom stereocenters. The summed E-state index contributed by atoms with van der Waals surface area (Å²) in [6.45, 7) is 3.67. The van der Waals surface area contributed by atoms with Gasteiger partial charge in [0, 0.05) is 41.7 Å². The van der Waals surface area contributed by atoms with Crippen molar-refractivity contribution in [3.63, 3.8) is 0 Å². The molecule has 7 nitrogen and oxygen atoms in total. The van der Waals surface area contributed by atoms with E-state index in [1.807, 2.05) is 10.3 Å². The zero-order valence-corrected chi connectivity index (χ0v) is 18.3. The average Bonchev–Trinajstić information content (AvgIpc) is 3.36. The molecule has 3 aromatic rings. The summed E-state index contributed by atoms with van der Waals surface area (Å²) in [5.74, 6) is 0. The van der Waals surface area contributed by atoms with Gasteiger partial charge in [-0.3, -0.25) is 0 Å². The van der Waals surface area contributed by atoms with Gasteiger partial charge in [-0.25, -0.2) is 4.98 Å². The number of thiazole rings is 1. The van der Waals surface area contributed by atoms with Crippen LogP contribution in [0.25, 0.3) is 22.4 Å². The second-order valence-corrected chi connectivity index (χ2v) is 9.72. The second-order valence-electron chi connectivity index (χ2n) is 9.00. The highest BCUT2D eigenvalue weighted by Crippen LogP contribution is 2.43. The highest BCUT2D eigenvalue weighted by Gasteiger charge is 2.45. The quantitative estimate of drug-likeness (QED) is 0.568. The first-order valence-electron chi connectivity index (χ1n) is 10.3. The Balaban J connectivity index is 1.61. The number of aliphatic hydroxyl groups is 1. The highest BCUT2D eigenvalue weighted by molar-refractivity contribution is 7.07. The largest absolute Gasteiger partial charge is 0.423 e. The molecule has 0 radical (unpaired) electrons. The van der Waals surface area contributed by atoms with Crippen LogP contribution in [0.4, 0.5) is 19.2 Å². The van der Waals surface area contributed by atoms with Crippen molar-refractivity contribution < 1.29 is 27.4 Å². The van der Waals surface area contributed by atoms with E-state index in [4.69, 9.17) is 9.15 Å². The summed E-state index contributed by atoms with van der Waals surface area (Å²) in [5, 5.41) is 15.1. The average molecular weight is 469 g/mol. The van der Waals surface area contributed by atoms with E-state index in [2.05, 4.69) is 15.3 Å². The number of halogens is 3. The van der Waals surface area contributed by atoms with Crippen LogP contribution in [0.1, 0.15) is 31.9 Å². The van der Waals surface area contributed by atoms with Crippen molar-refractivity contribution in [2.45, 2.75) is 50.2 Å². The number of anilines is 1. The number of oxazole rings is 1. The second kappa shape index (κ2) is 7.68. The zero-order valence-electron chi connectivity index (χ0n) is 17.5. The Morgan fingerprint density at radius 2 is 2.03 bits per heavy atom. The SMILES string of the molecule is CC(C)(O)COC(c1ccc(-c2cscn2)c2oc(N3CC4CC(C3)N4)nc12)C(F)(F)F. The number of benzene rings is 1. The number of alkyl halides is 3. The number of hydrogen-bond donors (Lipinski definition) is 2. The van der Waals surface area contributed by atoms with Crippen LogP contribution in [0.5, 0.6) is 0 Å². The lowest BCUT2D eigenvalue weighted by atomic mass is 9.92.